The fraction of sp³-hybridized carbons (Fsp3) is 0.923. The van der Waals surface area contributed by atoms with E-state index in [2.05, 4.69) is 13.8 Å². The van der Waals surface area contributed by atoms with E-state index < -0.39 is 5.54 Å². The van der Waals surface area contributed by atoms with E-state index in [1.165, 1.54) is 6.42 Å². The first kappa shape index (κ1) is 14.5. The molecule has 0 saturated heterocycles. The van der Waals surface area contributed by atoms with Crippen LogP contribution in [0.25, 0.3) is 0 Å². The van der Waals surface area contributed by atoms with Gasteiger partial charge in [0.15, 0.2) is 0 Å². The molecule has 0 aromatic carbocycles. The van der Waals surface area contributed by atoms with Gasteiger partial charge < -0.3 is 15.2 Å². The summed E-state index contributed by atoms with van der Waals surface area (Å²) in [5.74, 6) is 0.246. The minimum atomic E-state index is -0.740. The average molecular weight is 243 g/mol. The molecule has 4 nitrogen and oxygen atoms in total. The summed E-state index contributed by atoms with van der Waals surface area (Å²) in [6.07, 6.45) is 4.71. The van der Waals surface area contributed by atoms with Gasteiger partial charge in [0.05, 0.1) is 6.61 Å². The molecular formula is C13H25NO3. The third kappa shape index (κ3) is 5.04. The van der Waals surface area contributed by atoms with Gasteiger partial charge in [0, 0.05) is 6.61 Å². The zero-order valence-electron chi connectivity index (χ0n) is 11.0. The topological polar surface area (TPSA) is 61.5 Å². The predicted octanol–water partition coefficient (Wildman–Crippen LogP) is 1.86. The molecule has 17 heavy (non-hydrogen) atoms. The van der Waals surface area contributed by atoms with Gasteiger partial charge in [0.1, 0.15) is 12.1 Å². The number of hydrogen-bond acceptors (Lipinski definition) is 4. The Bertz CT molecular complexity index is 235. The molecule has 4 heteroatoms. The van der Waals surface area contributed by atoms with Crippen LogP contribution in [0.4, 0.5) is 0 Å². The van der Waals surface area contributed by atoms with E-state index in [-0.39, 0.29) is 5.97 Å². The van der Waals surface area contributed by atoms with Gasteiger partial charge in [-0.25, -0.2) is 0 Å². The van der Waals surface area contributed by atoms with E-state index in [1.807, 2.05) is 0 Å². The number of rotatable bonds is 6. The van der Waals surface area contributed by atoms with Crippen molar-refractivity contribution in [3.63, 3.8) is 0 Å². The second-order valence-electron chi connectivity index (χ2n) is 5.32. The van der Waals surface area contributed by atoms with Crippen molar-refractivity contribution in [1.82, 2.24) is 0 Å². The molecule has 1 saturated carbocycles. The average Bonchev–Trinajstić information content (AvgIpc) is 2.29. The highest BCUT2D eigenvalue weighted by Crippen LogP contribution is 2.26. The Morgan fingerprint density at radius 1 is 1.24 bits per heavy atom. The van der Waals surface area contributed by atoms with E-state index >= 15 is 0 Å². The van der Waals surface area contributed by atoms with Gasteiger partial charge in [-0.2, -0.15) is 0 Å². The lowest BCUT2D eigenvalue weighted by Crippen LogP contribution is -2.50. The van der Waals surface area contributed by atoms with Crippen LogP contribution in [0.1, 0.15) is 46.0 Å². The van der Waals surface area contributed by atoms with E-state index in [0.717, 1.165) is 25.7 Å². The van der Waals surface area contributed by atoms with E-state index in [0.29, 0.717) is 25.7 Å². The molecule has 1 aliphatic rings. The highest BCUT2D eigenvalue weighted by molar-refractivity contribution is 5.80. The lowest BCUT2D eigenvalue weighted by molar-refractivity contribution is -0.153. The summed E-state index contributed by atoms with van der Waals surface area (Å²) in [6.45, 7) is 5.64. The third-order valence-corrected chi connectivity index (χ3v) is 3.06. The molecule has 0 amide bonds. The van der Waals surface area contributed by atoms with Crippen molar-refractivity contribution in [2.45, 2.75) is 51.5 Å². The number of carbonyl (C=O) groups excluding carboxylic acids is 1. The Kier molecular flexibility index (Phi) is 5.92. The number of ether oxygens (including phenoxy) is 2. The second kappa shape index (κ2) is 6.97. The van der Waals surface area contributed by atoms with Crippen LogP contribution in [0.2, 0.25) is 0 Å². The van der Waals surface area contributed by atoms with Crippen molar-refractivity contribution < 1.29 is 14.3 Å². The Balaban J connectivity index is 2.15. The van der Waals surface area contributed by atoms with Crippen LogP contribution in [0.15, 0.2) is 0 Å². The van der Waals surface area contributed by atoms with Gasteiger partial charge in [-0.05, 0) is 18.8 Å². The molecule has 0 atom stereocenters. The summed E-state index contributed by atoms with van der Waals surface area (Å²) in [5, 5.41) is 0. The van der Waals surface area contributed by atoms with Crippen LogP contribution >= 0.6 is 0 Å². The van der Waals surface area contributed by atoms with Crippen LogP contribution < -0.4 is 5.73 Å². The summed E-state index contributed by atoms with van der Waals surface area (Å²) in [6, 6.07) is 0. The van der Waals surface area contributed by atoms with Crippen molar-refractivity contribution in [1.29, 1.82) is 0 Å². The van der Waals surface area contributed by atoms with Gasteiger partial charge in [0.2, 0.25) is 0 Å². The minimum Gasteiger partial charge on any atom is -0.462 e. The number of hydrogen-bond donors (Lipinski definition) is 1. The van der Waals surface area contributed by atoms with Crippen molar-refractivity contribution >= 4 is 5.97 Å². The molecule has 1 fully saturated rings. The first-order valence-electron chi connectivity index (χ1n) is 6.58. The van der Waals surface area contributed by atoms with Crippen molar-refractivity contribution in [2.75, 3.05) is 19.8 Å². The van der Waals surface area contributed by atoms with Crippen LogP contribution in [0, 0.1) is 5.92 Å². The number of nitrogens with two attached hydrogens (primary N) is 1. The summed E-state index contributed by atoms with van der Waals surface area (Å²) < 4.78 is 10.5. The Morgan fingerprint density at radius 3 is 2.47 bits per heavy atom. The molecule has 0 heterocycles. The van der Waals surface area contributed by atoms with E-state index in [9.17, 15) is 4.79 Å². The van der Waals surface area contributed by atoms with E-state index in [4.69, 9.17) is 15.2 Å². The largest absolute Gasteiger partial charge is 0.462 e. The normalized spacial score (nSPS) is 19.3. The maximum Gasteiger partial charge on any atom is 0.326 e. The SMILES string of the molecule is CC(C)COCCOC(=O)C1(N)CCCCC1. The predicted molar refractivity (Wildman–Crippen MR) is 66.6 cm³/mol. The summed E-state index contributed by atoms with van der Waals surface area (Å²) in [5.41, 5.74) is 5.31. The molecule has 2 N–H and O–H groups in total. The fourth-order valence-electron chi connectivity index (χ4n) is 2.04. The summed E-state index contributed by atoms with van der Waals surface area (Å²) in [7, 11) is 0. The highest BCUT2D eigenvalue weighted by atomic mass is 16.6. The Labute approximate surface area is 104 Å². The highest BCUT2D eigenvalue weighted by Gasteiger charge is 2.36. The molecule has 1 rings (SSSR count). The fourth-order valence-corrected chi connectivity index (χ4v) is 2.04. The van der Waals surface area contributed by atoms with Gasteiger partial charge in [-0.1, -0.05) is 33.1 Å². The molecule has 0 radical (unpaired) electrons. The van der Waals surface area contributed by atoms with Gasteiger partial charge in [-0.15, -0.1) is 0 Å². The van der Waals surface area contributed by atoms with Crippen molar-refractivity contribution in [3.05, 3.63) is 0 Å². The maximum absolute atomic E-state index is 11.8. The summed E-state index contributed by atoms with van der Waals surface area (Å²) >= 11 is 0. The van der Waals surface area contributed by atoms with Crippen molar-refractivity contribution in [3.8, 4) is 0 Å². The van der Waals surface area contributed by atoms with Gasteiger partial charge >= 0.3 is 5.97 Å². The standard InChI is InChI=1S/C13H25NO3/c1-11(2)10-16-8-9-17-12(15)13(14)6-4-3-5-7-13/h11H,3-10,14H2,1-2H3. The lowest BCUT2D eigenvalue weighted by atomic mass is 9.83. The molecule has 1 aliphatic carbocycles. The smallest absolute Gasteiger partial charge is 0.326 e. The third-order valence-electron chi connectivity index (χ3n) is 3.06. The molecule has 0 spiro atoms. The van der Waals surface area contributed by atoms with Crippen LogP contribution in [-0.4, -0.2) is 31.3 Å². The molecule has 0 aromatic rings. The first-order valence-corrected chi connectivity index (χ1v) is 6.58. The quantitative estimate of drug-likeness (QED) is 0.571. The van der Waals surface area contributed by atoms with Crippen LogP contribution in [0.3, 0.4) is 0 Å². The monoisotopic (exact) mass is 243 g/mol. The summed E-state index contributed by atoms with van der Waals surface area (Å²) in [4.78, 5) is 11.8. The first-order chi connectivity index (χ1) is 8.04. The maximum atomic E-state index is 11.8. The lowest BCUT2D eigenvalue weighted by Gasteiger charge is -2.30. The van der Waals surface area contributed by atoms with E-state index in [1.54, 1.807) is 0 Å². The van der Waals surface area contributed by atoms with Gasteiger partial charge in [0.25, 0.3) is 0 Å². The molecular weight excluding hydrogens is 218 g/mol. The minimum absolute atomic E-state index is 0.259. The zero-order valence-corrected chi connectivity index (χ0v) is 11.0. The Morgan fingerprint density at radius 2 is 1.88 bits per heavy atom. The zero-order chi connectivity index (χ0) is 12.7. The Hall–Kier alpha value is -0.610. The number of carbonyl (C=O) groups is 1. The molecule has 0 aliphatic heterocycles. The van der Waals surface area contributed by atoms with Gasteiger partial charge in [-0.3, -0.25) is 4.79 Å². The second-order valence-corrected chi connectivity index (χ2v) is 5.32. The molecule has 0 unspecified atom stereocenters. The molecule has 0 aromatic heterocycles. The number of esters is 1. The van der Waals surface area contributed by atoms with Crippen molar-refractivity contribution in [2.24, 2.45) is 11.7 Å². The molecule has 0 bridgehead atoms. The van der Waals surface area contributed by atoms with Crippen LogP contribution in [0.5, 0.6) is 0 Å². The van der Waals surface area contributed by atoms with Crippen LogP contribution in [-0.2, 0) is 14.3 Å². The molecule has 100 valence electrons.